The van der Waals surface area contributed by atoms with Crippen molar-refractivity contribution in [3.63, 3.8) is 0 Å². The van der Waals surface area contributed by atoms with E-state index in [-0.39, 0.29) is 16.9 Å². The van der Waals surface area contributed by atoms with E-state index in [1.807, 2.05) is 6.07 Å². The number of aromatic hydroxyl groups is 1. The number of nitrogens with zero attached hydrogens (tertiary/aromatic N) is 1. The fraction of sp³-hybridized carbons (Fsp3) is 0.581. The Morgan fingerprint density at radius 1 is 1.07 bits per heavy atom. The highest BCUT2D eigenvalue weighted by atomic mass is 16.4. The number of aliphatic hydroxyl groups is 4. The maximum Gasteiger partial charge on any atom is 0.255 e. The maximum atomic E-state index is 14.1. The molecule has 0 heterocycles. The first-order valence-corrected chi connectivity index (χ1v) is 14.4. The number of amides is 1. The molecule has 2 fully saturated rings. The fourth-order valence-corrected chi connectivity index (χ4v) is 7.84. The lowest BCUT2D eigenvalue weighted by molar-refractivity contribution is -0.169. The van der Waals surface area contributed by atoms with E-state index in [2.05, 4.69) is 6.92 Å². The van der Waals surface area contributed by atoms with Crippen molar-refractivity contribution >= 4 is 23.2 Å². The first kappa shape index (κ1) is 29.3. The minimum absolute atomic E-state index is 0.0516. The van der Waals surface area contributed by atoms with Gasteiger partial charge in [-0.1, -0.05) is 51.7 Å². The molecule has 1 aromatic carbocycles. The van der Waals surface area contributed by atoms with Crippen molar-refractivity contribution < 1.29 is 39.9 Å². The summed E-state index contributed by atoms with van der Waals surface area (Å²) in [5.74, 6) is -7.36. The van der Waals surface area contributed by atoms with E-state index in [0.717, 1.165) is 25.2 Å². The van der Waals surface area contributed by atoms with E-state index >= 15 is 0 Å². The van der Waals surface area contributed by atoms with Gasteiger partial charge in [0.1, 0.15) is 22.8 Å². The van der Waals surface area contributed by atoms with Crippen LogP contribution in [0.4, 0.5) is 0 Å². The minimum Gasteiger partial charge on any atom is -0.508 e. The number of carbonyl (C=O) groups excluding carboxylic acids is 3. The highest BCUT2D eigenvalue weighted by Crippen LogP contribution is 2.56. The number of fused-ring (bicyclic) bond motifs is 3. The zero-order valence-electron chi connectivity index (χ0n) is 23.9. The van der Waals surface area contributed by atoms with Crippen molar-refractivity contribution in [1.29, 1.82) is 0 Å². The van der Waals surface area contributed by atoms with Gasteiger partial charge in [0, 0.05) is 11.5 Å². The Balaban J connectivity index is 1.61. The first-order valence-electron chi connectivity index (χ1n) is 14.4. The third kappa shape index (κ3) is 4.21. The fourth-order valence-electron chi connectivity index (χ4n) is 7.84. The average molecular weight is 569 g/mol. The van der Waals surface area contributed by atoms with Gasteiger partial charge < -0.3 is 31.3 Å². The largest absolute Gasteiger partial charge is 0.508 e. The third-order valence-corrected chi connectivity index (χ3v) is 10.2. The lowest BCUT2D eigenvalue weighted by atomic mass is 9.54. The van der Waals surface area contributed by atoms with Crippen LogP contribution in [-0.2, 0) is 20.8 Å². The molecule has 2 saturated carbocycles. The monoisotopic (exact) mass is 568 g/mol. The van der Waals surface area contributed by atoms with Crippen LogP contribution in [0.5, 0.6) is 5.75 Å². The van der Waals surface area contributed by atoms with Crippen molar-refractivity contribution in [3.05, 3.63) is 45.7 Å². The van der Waals surface area contributed by atoms with Gasteiger partial charge >= 0.3 is 0 Å². The standard InChI is InChI=1S/C31H40N2O8/c1-13-5-7-15(8-6-13)9-10-16-11-12-17-14(2)18-20(25(35)19(17)24(16)34)28(38)31(41)22(26(18)36)23(33(3)4)27(37)21(29(31)39)30(32)40/h11-15,18,22-23,26,34-36,39,41H,5-10H2,1-4H3,(H2,32,40)/t13?,14-,15?,18+,22+,23-,26-,31-/m1/s1. The minimum atomic E-state index is -2.91. The molecular weight excluding hydrogens is 528 g/mol. The molecule has 222 valence electrons. The van der Waals surface area contributed by atoms with E-state index in [9.17, 15) is 39.9 Å². The smallest absolute Gasteiger partial charge is 0.255 e. The van der Waals surface area contributed by atoms with Crippen LogP contribution in [0.15, 0.2) is 29.0 Å². The summed E-state index contributed by atoms with van der Waals surface area (Å²) in [4.78, 5) is 40.9. The molecule has 4 aliphatic carbocycles. The number of rotatable bonds is 5. The van der Waals surface area contributed by atoms with Crippen LogP contribution >= 0.6 is 0 Å². The number of primary amides is 1. The van der Waals surface area contributed by atoms with Crippen molar-refractivity contribution in [2.45, 2.75) is 76.0 Å². The molecule has 0 saturated heterocycles. The van der Waals surface area contributed by atoms with Crippen molar-refractivity contribution in [3.8, 4) is 5.75 Å². The van der Waals surface area contributed by atoms with Crippen LogP contribution in [0.3, 0.4) is 0 Å². The molecule has 7 N–H and O–H groups in total. The summed E-state index contributed by atoms with van der Waals surface area (Å²) in [5.41, 5.74) is 2.35. The lowest BCUT2D eigenvalue weighted by Crippen LogP contribution is -2.70. The van der Waals surface area contributed by atoms with Crippen LogP contribution in [-0.4, -0.2) is 79.7 Å². The molecule has 4 aliphatic rings. The lowest BCUT2D eigenvalue weighted by Gasteiger charge is -2.53. The van der Waals surface area contributed by atoms with Gasteiger partial charge in [-0.3, -0.25) is 19.3 Å². The molecule has 5 rings (SSSR count). The number of hydrogen-bond acceptors (Lipinski definition) is 9. The van der Waals surface area contributed by atoms with Crippen LogP contribution < -0.4 is 5.73 Å². The topological polar surface area (TPSA) is 182 Å². The van der Waals surface area contributed by atoms with Gasteiger partial charge in [0.25, 0.3) is 5.91 Å². The van der Waals surface area contributed by atoms with E-state index in [1.54, 1.807) is 13.0 Å². The highest BCUT2D eigenvalue weighted by Gasteiger charge is 2.68. The zero-order valence-corrected chi connectivity index (χ0v) is 23.9. The van der Waals surface area contributed by atoms with Crippen LogP contribution in [0.2, 0.25) is 0 Å². The molecule has 6 atom stereocenters. The number of aliphatic hydroxyl groups excluding tert-OH is 3. The highest BCUT2D eigenvalue weighted by molar-refractivity contribution is 6.24. The number of aryl methyl sites for hydroxylation is 1. The SMILES string of the molecule is CC1CCC(CCc2ccc3c(c2O)C(O)=C2C(=O)[C@@]4(O)C(O)=C(C(N)=O)C(=O)[C@H](N(C)C)[C@H]4[C@H](O)[C@H]2[C@@H]3C)CC1. The van der Waals surface area contributed by atoms with Crippen molar-refractivity contribution in [1.82, 2.24) is 4.90 Å². The Hall–Kier alpha value is -3.21. The molecule has 10 nitrogen and oxygen atoms in total. The van der Waals surface area contributed by atoms with E-state index < -0.39 is 70.1 Å². The number of Topliss-reactive ketones (excluding diaryl/α,β-unsaturated/α-hetero) is 2. The van der Waals surface area contributed by atoms with E-state index in [4.69, 9.17) is 5.73 Å². The molecule has 1 amide bonds. The van der Waals surface area contributed by atoms with E-state index in [1.165, 1.54) is 31.8 Å². The number of phenols is 1. The molecule has 0 radical (unpaired) electrons. The number of hydrogen-bond donors (Lipinski definition) is 6. The Kier molecular flexibility index (Phi) is 7.33. The van der Waals surface area contributed by atoms with Gasteiger partial charge in [0.05, 0.1) is 23.6 Å². The molecule has 41 heavy (non-hydrogen) atoms. The van der Waals surface area contributed by atoms with Gasteiger partial charge in [-0.25, -0.2) is 0 Å². The zero-order chi connectivity index (χ0) is 30.1. The van der Waals surface area contributed by atoms with Gasteiger partial charge in [-0.2, -0.15) is 0 Å². The average Bonchev–Trinajstić information content (AvgIpc) is 2.90. The molecule has 0 aromatic heterocycles. The second-order valence-electron chi connectivity index (χ2n) is 12.8. The molecule has 0 bridgehead atoms. The number of benzene rings is 1. The Bertz CT molecular complexity index is 1370. The summed E-state index contributed by atoms with van der Waals surface area (Å²) in [6.07, 6.45) is 4.49. The number of ketones is 2. The van der Waals surface area contributed by atoms with Crippen molar-refractivity contribution in [2.75, 3.05) is 14.1 Å². The Morgan fingerprint density at radius 3 is 2.29 bits per heavy atom. The third-order valence-electron chi connectivity index (χ3n) is 10.2. The normalized spacial score (nSPS) is 35.3. The quantitative estimate of drug-likeness (QED) is 0.290. The number of phenolic OH excluding ortho intramolecular Hbond substituents is 1. The summed E-state index contributed by atoms with van der Waals surface area (Å²) in [5, 5.41) is 57.4. The van der Waals surface area contributed by atoms with Gasteiger partial charge in [0.15, 0.2) is 11.4 Å². The molecule has 10 heteroatoms. The summed E-state index contributed by atoms with van der Waals surface area (Å²) in [6.45, 7) is 3.99. The maximum absolute atomic E-state index is 14.1. The number of nitrogens with two attached hydrogens (primary N) is 1. The summed E-state index contributed by atoms with van der Waals surface area (Å²) in [6, 6.07) is 2.22. The summed E-state index contributed by atoms with van der Waals surface area (Å²) in [7, 11) is 2.97. The van der Waals surface area contributed by atoms with E-state index in [0.29, 0.717) is 23.5 Å². The summed E-state index contributed by atoms with van der Waals surface area (Å²) >= 11 is 0. The molecular formula is C31H40N2O8. The first-order chi connectivity index (χ1) is 19.2. The predicted octanol–water partition coefficient (Wildman–Crippen LogP) is 2.25. The van der Waals surface area contributed by atoms with Crippen LogP contribution in [0.25, 0.3) is 5.76 Å². The van der Waals surface area contributed by atoms with Gasteiger partial charge in [-0.15, -0.1) is 0 Å². The summed E-state index contributed by atoms with van der Waals surface area (Å²) < 4.78 is 0. The second kappa shape index (κ2) is 10.3. The number of carbonyl (C=O) groups is 3. The van der Waals surface area contributed by atoms with Crippen molar-refractivity contribution in [2.24, 2.45) is 29.4 Å². The van der Waals surface area contributed by atoms with Crippen LogP contribution in [0.1, 0.15) is 68.6 Å². The Labute approximate surface area is 239 Å². The second-order valence-corrected chi connectivity index (χ2v) is 12.8. The molecule has 1 aromatic rings. The van der Waals surface area contributed by atoms with Gasteiger partial charge in [0.2, 0.25) is 5.78 Å². The van der Waals surface area contributed by atoms with Crippen LogP contribution in [0, 0.1) is 23.7 Å². The Morgan fingerprint density at radius 2 is 1.71 bits per heavy atom. The number of likely N-dealkylation sites (N-methyl/N-ethyl adjacent to an activating group) is 1. The molecule has 0 spiro atoms. The van der Waals surface area contributed by atoms with Gasteiger partial charge in [-0.05, 0) is 55.8 Å². The molecule has 0 unspecified atom stereocenters. The predicted molar refractivity (Wildman–Crippen MR) is 150 cm³/mol. The molecule has 0 aliphatic heterocycles.